The molecule has 8 aromatic rings. The first-order chi connectivity index (χ1) is 21.9. The van der Waals surface area contributed by atoms with Crippen LogP contribution in [0.1, 0.15) is 26.3 Å². The van der Waals surface area contributed by atoms with Crippen molar-refractivity contribution >= 4 is 32.8 Å². The molecular formula is C39H29N5OPt-2. The van der Waals surface area contributed by atoms with Gasteiger partial charge in [0.1, 0.15) is 5.82 Å². The van der Waals surface area contributed by atoms with Crippen LogP contribution in [0.15, 0.2) is 122 Å². The van der Waals surface area contributed by atoms with Crippen LogP contribution in [0.4, 0.5) is 0 Å². The number of benzene rings is 4. The first-order valence-corrected chi connectivity index (χ1v) is 14.9. The molecule has 0 amide bonds. The van der Waals surface area contributed by atoms with Gasteiger partial charge < -0.3 is 13.9 Å². The summed E-state index contributed by atoms with van der Waals surface area (Å²) in [6.45, 7) is 6.65. The van der Waals surface area contributed by atoms with Crippen LogP contribution in [0.2, 0.25) is 0 Å². The summed E-state index contributed by atoms with van der Waals surface area (Å²) in [6.07, 6.45) is 8.95. The second-order valence-electron chi connectivity index (χ2n) is 12.1. The molecule has 8 rings (SSSR count). The van der Waals surface area contributed by atoms with Crippen LogP contribution in [0.5, 0.6) is 11.5 Å². The molecule has 0 aliphatic carbocycles. The molecule has 0 N–H and O–H groups in total. The molecule has 4 aromatic heterocycles. The largest absolute Gasteiger partial charge is 0.510 e. The molecule has 0 bridgehead atoms. The monoisotopic (exact) mass is 778 g/mol. The molecule has 0 spiro atoms. The maximum Gasteiger partial charge on any atom is 0.268 e. The second kappa shape index (κ2) is 11.7. The van der Waals surface area contributed by atoms with Gasteiger partial charge in [-0.2, -0.15) is 18.2 Å². The normalized spacial score (nSPS) is 11.6. The minimum atomic E-state index is -0.00463. The summed E-state index contributed by atoms with van der Waals surface area (Å²) >= 11 is 0. The predicted octanol–water partition coefficient (Wildman–Crippen LogP) is 8.28. The van der Waals surface area contributed by atoms with Gasteiger partial charge in [0.2, 0.25) is 0 Å². The first-order valence-electron chi connectivity index (χ1n) is 14.9. The van der Waals surface area contributed by atoms with Gasteiger partial charge in [0, 0.05) is 56.7 Å². The van der Waals surface area contributed by atoms with E-state index in [0.717, 1.165) is 50.0 Å². The molecule has 0 aliphatic heterocycles. The number of pyridine rings is 2. The second-order valence-corrected chi connectivity index (χ2v) is 12.1. The number of imidazole rings is 1. The van der Waals surface area contributed by atoms with Crippen LogP contribution in [-0.2, 0) is 26.5 Å². The molecule has 0 unspecified atom stereocenters. The number of ether oxygens (including phenoxy) is 1. The number of aromatic nitrogens is 5. The Bertz CT molecular complexity index is 2350. The average Bonchev–Trinajstić information content (AvgIpc) is 3.61. The predicted molar refractivity (Wildman–Crippen MR) is 176 cm³/mol. The number of hydrogen-bond acceptors (Lipinski definition) is 3. The third kappa shape index (κ3) is 5.19. The Kier molecular flexibility index (Phi) is 7.54. The number of nitrogens with zero attached hydrogens (tertiary/aromatic N) is 5. The van der Waals surface area contributed by atoms with E-state index < -0.39 is 0 Å². The smallest absolute Gasteiger partial charge is 0.268 e. The quantitative estimate of drug-likeness (QED) is 0.131. The van der Waals surface area contributed by atoms with Crippen molar-refractivity contribution in [1.82, 2.24) is 19.1 Å². The van der Waals surface area contributed by atoms with E-state index in [1.807, 2.05) is 63.9 Å². The van der Waals surface area contributed by atoms with E-state index in [2.05, 4.69) is 103 Å². The minimum absolute atomic E-state index is 0. The SMILES string of the molecule is CC(C)(C)c1ccnc(-n2c3[c-]c(Oc4[c-]c(-n5[c-][n+](-c6ccncc6)c6ccccc65)ccc4)ccc3c3ccccc32)c1.[Pt]. The van der Waals surface area contributed by atoms with Gasteiger partial charge in [0.15, 0.2) is 0 Å². The summed E-state index contributed by atoms with van der Waals surface area (Å²) in [6, 6.07) is 41.8. The Labute approximate surface area is 281 Å². The van der Waals surface area contributed by atoms with Crippen LogP contribution >= 0.6 is 0 Å². The zero-order valence-corrected chi connectivity index (χ0v) is 27.8. The maximum atomic E-state index is 6.43. The fourth-order valence-electron chi connectivity index (χ4n) is 5.85. The van der Waals surface area contributed by atoms with Crippen LogP contribution in [0.25, 0.3) is 50.0 Å². The van der Waals surface area contributed by atoms with Crippen molar-refractivity contribution in [2.45, 2.75) is 26.2 Å². The fourth-order valence-corrected chi connectivity index (χ4v) is 5.85. The maximum absolute atomic E-state index is 6.43. The van der Waals surface area contributed by atoms with Gasteiger partial charge in [-0.3, -0.25) is 9.55 Å². The number of rotatable bonds is 5. The summed E-state index contributed by atoms with van der Waals surface area (Å²) in [7, 11) is 0. The van der Waals surface area contributed by atoms with E-state index in [0.29, 0.717) is 11.5 Å². The van der Waals surface area contributed by atoms with Crippen LogP contribution in [0, 0.1) is 18.5 Å². The van der Waals surface area contributed by atoms with Crippen molar-refractivity contribution in [3.05, 3.63) is 146 Å². The summed E-state index contributed by atoms with van der Waals surface area (Å²) in [5.41, 5.74) is 7.02. The van der Waals surface area contributed by atoms with Gasteiger partial charge in [-0.25, -0.2) is 4.98 Å². The van der Waals surface area contributed by atoms with Crippen molar-refractivity contribution < 1.29 is 30.4 Å². The molecule has 0 atom stereocenters. The van der Waals surface area contributed by atoms with Gasteiger partial charge in [-0.15, -0.1) is 29.7 Å². The van der Waals surface area contributed by atoms with Gasteiger partial charge in [-0.05, 0) is 52.4 Å². The molecule has 228 valence electrons. The number of hydrogen-bond donors (Lipinski definition) is 0. The van der Waals surface area contributed by atoms with Crippen LogP contribution in [-0.4, -0.2) is 19.1 Å². The van der Waals surface area contributed by atoms with Gasteiger partial charge in [0.25, 0.3) is 6.33 Å². The van der Waals surface area contributed by atoms with Crippen molar-refractivity contribution in [2.75, 3.05) is 0 Å². The molecule has 6 nitrogen and oxygen atoms in total. The zero-order valence-electron chi connectivity index (χ0n) is 25.5. The van der Waals surface area contributed by atoms with E-state index in [1.165, 1.54) is 5.56 Å². The molecule has 0 aliphatic rings. The minimum Gasteiger partial charge on any atom is -0.510 e. The van der Waals surface area contributed by atoms with E-state index in [1.54, 1.807) is 12.4 Å². The molecule has 46 heavy (non-hydrogen) atoms. The Balaban J connectivity index is 0.00000338. The summed E-state index contributed by atoms with van der Waals surface area (Å²) < 4.78 is 12.6. The molecule has 4 aromatic carbocycles. The van der Waals surface area contributed by atoms with Gasteiger partial charge >= 0.3 is 0 Å². The topological polar surface area (TPSA) is 48.8 Å². The van der Waals surface area contributed by atoms with Crippen molar-refractivity contribution in [3.8, 4) is 28.7 Å². The van der Waals surface area contributed by atoms with Crippen LogP contribution in [0.3, 0.4) is 0 Å². The fraction of sp³-hybridized carbons (Fsp3) is 0.103. The third-order valence-electron chi connectivity index (χ3n) is 8.10. The van der Waals surface area contributed by atoms with Crippen molar-refractivity contribution in [1.29, 1.82) is 0 Å². The van der Waals surface area contributed by atoms with Gasteiger partial charge in [-0.1, -0.05) is 68.8 Å². The molecule has 7 heteroatoms. The van der Waals surface area contributed by atoms with Crippen molar-refractivity contribution in [3.63, 3.8) is 0 Å². The molecule has 0 saturated heterocycles. The van der Waals surface area contributed by atoms with Crippen LogP contribution < -0.4 is 9.30 Å². The Morgan fingerprint density at radius 1 is 0.717 bits per heavy atom. The summed E-state index contributed by atoms with van der Waals surface area (Å²) in [5.74, 6) is 2.04. The third-order valence-corrected chi connectivity index (χ3v) is 8.10. The summed E-state index contributed by atoms with van der Waals surface area (Å²) in [5, 5.41) is 2.23. The first kappa shape index (κ1) is 29.6. The zero-order chi connectivity index (χ0) is 30.5. The molecular weight excluding hydrogens is 750 g/mol. The number of para-hydroxylation sites is 3. The number of fused-ring (bicyclic) bond motifs is 4. The molecule has 4 heterocycles. The Hall–Kier alpha value is -5.06. The summed E-state index contributed by atoms with van der Waals surface area (Å²) in [4.78, 5) is 8.96. The van der Waals surface area contributed by atoms with E-state index in [9.17, 15) is 0 Å². The van der Waals surface area contributed by atoms with Gasteiger partial charge in [0.05, 0.1) is 16.7 Å². The molecule has 0 saturated carbocycles. The standard InChI is InChI=1S/C39H29N5O.Pt/c1-39(2,3)27-17-22-41-38(23-27)44-34-12-5-4-11-32(34)33-16-15-31(25-37(33)44)45-30-10-8-9-29(24-30)43-26-42(28-18-20-40-21-19-28)35-13-6-7-14-36(35)43;/h4-23H,1-3H3;/q-2;. The molecule has 0 fully saturated rings. The molecule has 0 radical (unpaired) electrons. The van der Waals surface area contributed by atoms with Crippen molar-refractivity contribution in [2.24, 2.45) is 0 Å². The Morgan fingerprint density at radius 3 is 2.30 bits per heavy atom. The average molecular weight is 779 g/mol. The van der Waals surface area contributed by atoms with E-state index >= 15 is 0 Å². The van der Waals surface area contributed by atoms with E-state index in [-0.39, 0.29) is 26.5 Å². The van der Waals surface area contributed by atoms with E-state index in [4.69, 9.17) is 9.72 Å². The Morgan fingerprint density at radius 2 is 1.48 bits per heavy atom.